The van der Waals surface area contributed by atoms with Gasteiger partial charge in [-0.05, 0) is 37.0 Å². The van der Waals surface area contributed by atoms with Crippen LogP contribution in [0.4, 0.5) is 0 Å². The van der Waals surface area contributed by atoms with Gasteiger partial charge < -0.3 is 24.0 Å². The van der Waals surface area contributed by atoms with Gasteiger partial charge in [-0.25, -0.2) is 4.98 Å². The molecule has 142 valence electrons. The van der Waals surface area contributed by atoms with Crippen molar-refractivity contribution in [2.45, 2.75) is 37.8 Å². The fraction of sp³-hybridized carbons (Fsp3) is 0.500. The van der Waals surface area contributed by atoms with Crippen molar-refractivity contribution in [3.05, 3.63) is 42.5 Å². The number of piperidine rings is 1. The third-order valence-corrected chi connectivity index (χ3v) is 6.05. The zero-order valence-electron chi connectivity index (χ0n) is 15.1. The monoisotopic (exact) mass is 369 g/mol. The Balaban J connectivity index is 1.27. The molecule has 0 radical (unpaired) electrons. The zero-order chi connectivity index (χ0) is 18.4. The van der Waals surface area contributed by atoms with Gasteiger partial charge in [0.05, 0.1) is 17.8 Å². The zero-order valence-corrected chi connectivity index (χ0v) is 15.1. The van der Waals surface area contributed by atoms with Gasteiger partial charge in [-0.15, -0.1) is 0 Å². The number of imidazole rings is 1. The molecule has 2 aromatic rings. The van der Waals surface area contributed by atoms with E-state index in [1.54, 1.807) is 12.5 Å². The van der Waals surface area contributed by atoms with E-state index < -0.39 is 6.10 Å². The van der Waals surface area contributed by atoms with Crippen LogP contribution in [-0.4, -0.2) is 51.5 Å². The Morgan fingerprint density at radius 3 is 2.89 bits per heavy atom. The lowest BCUT2D eigenvalue weighted by molar-refractivity contribution is -0.141. The number of β-amino-alcohol motifs (C(OH)–C–C–N with tert-alkyl or cyclic N) is 1. The second-order valence-electron chi connectivity index (χ2n) is 7.84. The third kappa shape index (κ3) is 2.96. The molecule has 2 fully saturated rings. The molecule has 0 unspecified atom stereocenters. The molecule has 7 nitrogen and oxygen atoms in total. The van der Waals surface area contributed by atoms with Crippen LogP contribution in [0.15, 0.2) is 36.9 Å². The predicted octanol–water partition coefficient (Wildman–Crippen LogP) is 1.77. The van der Waals surface area contributed by atoms with Crippen molar-refractivity contribution in [2.24, 2.45) is 5.41 Å². The number of fused-ring (bicyclic) bond motifs is 1. The maximum Gasteiger partial charge on any atom is 0.231 e. The normalized spacial score (nSPS) is 25.4. The maximum atomic E-state index is 13.1. The van der Waals surface area contributed by atoms with Gasteiger partial charge in [-0.2, -0.15) is 0 Å². The maximum absolute atomic E-state index is 13.1. The van der Waals surface area contributed by atoms with Crippen LogP contribution in [0.5, 0.6) is 11.5 Å². The number of amides is 1. The van der Waals surface area contributed by atoms with Crippen molar-refractivity contribution in [2.75, 3.05) is 19.9 Å². The molecule has 27 heavy (non-hydrogen) atoms. The fourth-order valence-electron chi connectivity index (χ4n) is 4.30. The molecule has 0 spiro atoms. The minimum atomic E-state index is -0.577. The lowest BCUT2D eigenvalue weighted by Crippen LogP contribution is -2.49. The Kier molecular flexibility index (Phi) is 3.86. The summed E-state index contributed by atoms with van der Waals surface area (Å²) in [6.45, 7) is 1.96. The average Bonchev–Trinajstić information content (AvgIpc) is 3.07. The summed E-state index contributed by atoms with van der Waals surface area (Å²) in [5, 5.41) is 10.8. The van der Waals surface area contributed by atoms with Gasteiger partial charge in [0.25, 0.3) is 0 Å². The first kappa shape index (κ1) is 16.6. The number of aliphatic hydroxyl groups is 1. The summed E-state index contributed by atoms with van der Waals surface area (Å²) < 4.78 is 12.8. The van der Waals surface area contributed by atoms with Crippen LogP contribution in [0.3, 0.4) is 0 Å². The summed E-state index contributed by atoms with van der Waals surface area (Å²) in [5.41, 5.74) is 0.727. The second-order valence-corrected chi connectivity index (χ2v) is 7.84. The molecule has 3 heterocycles. The molecule has 5 rings (SSSR count). The number of aliphatic hydroxyl groups excluding tert-OH is 1. The Morgan fingerprint density at radius 1 is 1.30 bits per heavy atom. The summed E-state index contributed by atoms with van der Waals surface area (Å²) >= 11 is 0. The lowest BCUT2D eigenvalue weighted by Gasteiger charge is -2.38. The molecule has 1 aliphatic carbocycles. The van der Waals surface area contributed by atoms with E-state index in [1.807, 2.05) is 33.9 Å². The van der Waals surface area contributed by atoms with Gasteiger partial charge in [-0.3, -0.25) is 4.79 Å². The van der Waals surface area contributed by atoms with E-state index in [1.165, 1.54) is 0 Å². The summed E-state index contributed by atoms with van der Waals surface area (Å²) in [4.78, 5) is 19.0. The number of hydrogen-bond acceptors (Lipinski definition) is 5. The highest BCUT2D eigenvalue weighted by atomic mass is 16.7. The molecule has 1 aromatic heterocycles. The smallest absolute Gasteiger partial charge is 0.231 e. The number of likely N-dealkylation sites (tertiary alicyclic amines) is 1. The molecule has 2 aliphatic heterocycles. The van der Waals surface area contributed by atoms with Crippen LogP contribution in [0.2, 0.25) is 0 Å². The minimum Gasteiger partial charge on any atom is -0.454 e. The van der Waals surface area contributed by atoms with E-state index in [2.05, 4.69) is 4.98 Å². The highest BCUT2D eigenvalue weighted by Crippen LogP contribution is 2.49. The number of hydrogen-bond donors (Lipinski definition) is 1. The molecule has 1 N–H and O–H groups in total. The standard InChI is InChI=1S/C20H23N3O4/c24-16-10-23(19(25)20(4-5-20)11-22-8-6-21-12-22)7-3-15(16)14-1-2-17-18(9-14)27-13-26-17/h1-2,6,8-9,12,15-16,24H,3-5,7,10-11,13H2/t15-,16+/m0/s1. The van der Waals surface area contributed by atoms with E-state index in [0.29, 0.717) is 19.6 Å². The highest BCUT2D eigenvalue weighted by molar-refractivity contribution is 5.85. The summed E-state index contributed by atoms with van der Waals surface area (Å²) in [5.74, 6) is 1.65. The Hall–Kier alpha value is -2.54. The Bertz CT molecular complexity index is 847. The van der Waals surface area contributed by atoms with Crippen LogP contribution in [0.1, 0.15) is 30.7 Å². The minimum absolute atomic E-state index is 0.00681. The van der Waals surface area contributed by atoms with Gasteiger partial charge in [-0.1, -0.05) is 6.07 Å². The van der Waals surface area contributed by atoms with Gasteiger partial charge in [0, 0.05) is 37.9 Å². The number of carbonyl (C=O) groups is 1. The van der Waals surface area contributed by atoms with Crippen molar-refractivity contribution >= 4 is 5.91 Å². The van der Waals surface area contributed by atoms with Gasteiger partial charge in [0.1, 0.15) is 0 Å². The first-order valence-electron chi connectivity index (χ1n) is 9.47. The largest absolute Gasteiger partial charge is 0.454 e. The van der Waals surface area contributed by atoms with E-state index in [-0.39, 0.29) is 24.0 Å². The number of rotatable bonds is 4. The second kappa shape index (κ2) is 6.27. The Labute approximate surface area is 157 Å². The van der Waals surface area contributed by atoms with Crippen molar-refractivity contribution in [3.8, 4) is 11.5 Å². The van der Waals surface area contributed by atoms with Gasteiger partial charge in [0.15, 0.2) is 11.5 Å². The summed E-state index contributed by atoms with van der Waals surface area (Å²) in [6.07, 6.45) is 7.37. The summed E-state index contributed by atoms with van der Waals surface area (Å²) in [6, 6.07) is 5.83. The topological polar surface area (TPSA) is 76.8 Å². The van der Waals surface area contributed by atoms with Crippen LogP contribution in [-0.2, 0) is 11.3 Å². The lowest BCUT2D eigenvalue weighted by atomic mass is 9.86. The predicted molar refractivity (Wildman–Crippen MR) is 96.4 cm³/mol. The molecule has 7 heteroatoms. The number of carbonyl (C=O) groups excluding carboxylic acids is 1. The Morgan fingerprint density at radius 2 is 2.15 bits per heavy atom. The molecule has 2 atom stereocenters. The van der Waals surface area contributed by atoms with Crippen LogP contribution in [0, 0.1) is 5.41 Å². The van der Waals surface area contributed by atoms with Gasteiger partial charge in [0.2, 0.25) is 12.7 Å². The van der Waals surface area contributed by atoms with E-state index >= 15 is 0 Å². The fourth-order valence-corrected chi connectivity index (χ4v) is 4.30. The van der Waals surface area contributed by atoms with Crippen molar-refractivity contribution < 1.29 is 19.4 Å². The molecule has 1 aromatic carbocycles. The van der Waals surface area contributed by atoms with Crippen molar-refractivity contribution in [3.63, 3.8) is 0 Å². The SMILES string of the molecule is O=C(N1CC[C@@H](c2ccc3c(c2)OCO3)[C@H](O)C1)C1(Cn2ccnc2)CC1. The molecular formula is C20H23N3O4. The third-order valence-electron chi connectivity index (χ3n) is 6.05. The highest BCUT2D eigenvalue weighted by Gasteiger charge is 2.52. The van der Waals surface area contributed by atoms with Crippen molar-refractivity contribution in [1.82, 2.24) is 14.5 Å². The average molecular weight is 369 g/mol. The quantitative estimate of drug-likeness (QED) is 0.889. The first-order chi connectivity index (χ1) is 13.1. The summed E-state index contributed by atoms with van der Waals surface area (Å²) in [7, 11) is 0. The number of aromatic nitrogens is 2. The van der Waals surface area contributed by atoms with E-state index in [4.69, 9.17) is 9.47 Å². The molecule has 1 amide bonds. The number of benzene rings is 1. The van der Waals surface area contributed by atoms with Crippen molar-refractivity contribution in [1.29, 1.82) is 0 Å². The molecular weight excluding hydrogens is 346 g/mol. The molecule has 3 aliphatic rings. The van der Waals surface area contributed by atoms with Crippen LogP contribution in [0.25, 0.3) is 0 Å². The molecule has 1 saturated carbocycles. The number of nitrogens with zero attached hydrogens (tertiary/aromatic N) is 3. The van der Waals surface area contributed by atoms with Crippen LogP contribution >= 0.6 is 0 Å². The van der Waals surface area contributed by atoms with E-state index in [9.17, 15) is 9.90 Å². The van der Waals surface area contributed by atoms with Gasteiger partial charge >= 0.3 is 0 Å². The molecule has 0 bridgehead atoms. The molecule has 1 saturated heterocycles. The first-order valence-corrected chi connectivity index (χ1v) is 9.47. The number of ether oxygens (including phenoxy) is 2. The van der Waals surface area contributed by atoms with Crippen LogP contribution < -0.4 is 9.47 Å². The van der Waals surface area contributed by atoms with E-state index in [0.717, 1.165) is 36.3 Å².